The van der Waals surface area contributed by atoms with E-state index < -0.39 is 0 Å². The Morgan fingerprint density at radius 3 is 1.92 bits per heavy atom. The van der Waals surface area contributed by atoms with E-state index in [0.717, 1.165) is 61.4 Å². The van der Waals surface area contributed by atoms with Crippen LogP contribution in [0.5, 0.6) is 0 Å². The number of hydrogen-bond donors (Lipinski definition) is 0. The summed E-state index contributed by atoms with van der Waals surface area (Å²) in [5.74, 6) is 0. The SMILES string of the molecule is CC1(C)c2ccccc2-c2ccc(N(c3ccc(-c4cccc(-n5c6ccccc6c6ccc(P)cc65)c4)cc3)c3ccc(-c4cccc5c4oc4ccccc45)cc3)cc21. The van der Waals surface area contributed by atoms with Gasteiger partial charge in [0.15, 0.2) is 0 Å². The molecule has 0 spiro atoms. The van der Waals surface area contributed by atoms with Gasteiger partial charge in [-0.05, 0) is 111 Å². The summed E-state index contributed by atoms with van der Waals surface area (Å²) in [6, 6.07) is 72.9. The molecule has 290 valence electrons. The van der Waals surface area contributed by atoms with E-state index in [0.29, 0.717) is 0 Å². The van der Waals surface area contributed by atoms with E-state index in [2.05, 4.69) is 221 Å². The first-order valence-electron chi connectivity index (χ1n) is 21.0. The molecule has 11 aromatic rings. The number of furan rings is 1. The lowest BCUT2D eigenvalue weighted by Crippen LogP contribution is -2.16. The molecule has 3 nitrogen and oxygen atoms in total. The van der Waals surface area contributed by atoms with Crippen LogP contribution in [0.3, 0.4) is 0 Å². The van der Waals surface area contributed by atoms with Crippen molar-refractivity contribution in [3.8, 4) is 39.1 Å². The molecular weight excluding hydrogens is 760 g/mol. The van der Waals surface area contributed by atoms with Gasteiger partial charge in [0.25, 0.3) is 0 Å². The highest BCUT2D eigenvalue weighted by atomic mass is 31.0. The van der Waals surface area contributed by atoms with Gasteiger partial charge in [0.1, 0.15) is 11.2 Å². The van der Waals surface area contributed by atoms with Gasteiger partial charge in [-0.15, -0.1) is 9.24 Å². The molecule has 61 heavy (non-hydrogen) atoms. The number of benzene rings is 9. The maximum Gasteiger partial charge on any atom is 0.143 e. The quantitative estimate of drug-likeness (QED) is 0.156. The van der Waals surface area contributed by atoms with Crippen molar-refractivity contribution in [1.82, 2.24) is 4.57 Å². The molecule has 0 saturated heterocycles. The van der Waals surface area contributed by atoms with Crippen LogP contribution in [-0.4, -0.2) is 4.57 Å². The zero-order valence-electron chi connectivity index (χ0n) is 33.9. The molecule has 12 rings (SSSR count). The second-order valence-corrected chi connectivity index (χ2v) is 17.5. The third kappa shape index (κ3) is 5.62. The summed E-state index contributed by atoms with van der Waals surface area (Å²) >= 11 is 0. The van der Waals surface area contributed by atoms with E-state index in [9.17, 15) is 0 Å². The van der Waals surface area contributed by atoms with Crippen LogP contribution in [0.2, 0.25) is 0 Å². The smallest absolute Gasteiger partial charge is 0.143 e. The topological polar surface area (TPSA) is 21.3 Å². The van der Waals surface area contributed by atoms with Crippen molar-refractivity contribution in [2.24, 2.45) is 0 Å². The van der Waals surface area contributed by atoms with E-state index in [-0.39, 0.29) is 5.41 Å². The zero-order valence-corrected chi connectivity index (χ0v) is 35.1. The average Bonchev–Trinajstić information content (AvgIpc) is 3.92. The third-order valence-corrected chi connectivity index (χ3v) is 13.3. The number of nitrogens with zero attached hydrogens (tertiary/aromatic N) is 2. The molecule has 2 aromatic heterocycles. The molecule has 1 aliphatic carbocycles. The molecule has 0 radical (unpaired) electrons. The van der Waals surface area contributed by atoms with Crippen molar-refractivity contribution in [2.75, 3.05) is 4.90 Å². The molecule has 2 heterocycles. The first-order valence-corrected chi connectivity index (χ1v) is 21.5. The first kappa shape index (κ1) is 35.7. The van der Waals surface area contributed by atoms with Gasteiger partial charge in [0, 0.05) is 55.3 Å². The Morgan fingerprint density at radius 1 is 0.443 bits per heavy atom. The van der Waals surface area contributed by atoms with Crippen molar-refractivity contribution in [1.29, 1.82) is 0 Å². The lowest BCUT2D eigenvalue weighted by molar-refractivity contribution is 0.660. The molecule has 1 aliphatic rings. The fourth-order valence-electron chi connectivity index (χ4n) is 9.94. The summed E-state index contributed by atoms with van der Waals surface area (Å²) < 4.78 is 8.84. The molecule has 0 fully saturated rings. The highest BCUT2D eigenvalue weighted by Crippen LogP contribution is 2.51. The molecule has 9 aromatic carbocycles. The number of anilines is 3. The van der Waals surface area contributed by atoms with Crippen LogP contribution in [0.25, 0.3) is 82.8 Å². The second-order valence-electron chi connectivity index (χ2n) is 16.8. The van der Waals surface area contributed by atoms with Gasteiger partial charge in [0.05, 0.1) is 11.0 Å². The summed E-state index contributed by atoms with van der Waals surface area (Å²) in [5.41, 5.74) is 18.5. The van der Waals surface area contributed by atoms with Crippen molar-refractivity contribution in [2.45, 2.75) is 19.3 Å². The second kappa shape index (κ2) is 13.7. The Labute approximate surface area is 357 Å². The Hall–Kier alpha value is -7.19. The van der Waals surface area contributed by atoms with E-state index in [1.807, 2.05) is 12.1 Å². The van der Waals surface area contributed by atoms with Crippen LogP contribution in [0.15, 0.2) is 205 Å². The molecule has 4 heteroatoms. The minimum Gasteiger partial charge on any atom is -0.455 e. The Morgan fingerprint density at radius 2 is 1.08 bits per heavy atom. The van der Waals surface area contributed by atoms with Crippen LogP contribution >= 0.6 is 9.24 Å². The van der Waals surface area contributed by atoms with Crippen LogP contribution in [0.1, 0.15) is 25.0 Å². The van der Waals surface area contributed by atoms with Gasteiger partial charge in [0.2, 0.25) is 0 Å². The molecule has 0 aliphatic heterocycles. The molecule has 1 atom stereocenters. The normalized spacial score (nSPS) is 13.0. The summed E-state index contributed by atoms with van der Waals surface area (Å²) in [5, 5.41) is 5.96. The van der Waals surface area contributed by atoms with Crippen LogP contribution in [0, 0.1) is 0 Å². The third-order valence-electron chi connectivity index (χ3n) is 12.9. The van der Waals surface area contributed by atoms with Gasteiger partial charge < -0.3 is 13.9 Å². The lowest BCUT2D eigenvalue weighted by atomic mass is 9.82. The predicted molar refractivity (Wildman–Crippen MR) is 261 cm³/mol. The zero-order chi connectivity index (χ0) is 40.8. The first-order chi connectivity index (χ1) is 29.9. The van der Waals surface area contributed by atoms with Gasteiger partial charge >= 0.3 is 0 Å². The highest BCUT2D eigenvalue weighted by molar-refractivity contribution is 7.27. The standard InChI is InChI=1S/C57H41N2OP/c1-57(2)51-18-6-3-13-45(51)46-31-29-42(34-52(46)57)58(40-27-23-37(24-28-40)44-16-10-17-50-49-15-5-8-20-55(49)60-56(44)50)39-25-21-36(22-26-39)38-11-9-12-41(33-38)59-53-19-7-4-14-47(53)48-32-30-43(61)35-54(48)59/h3-35H,61H2,1-2H3. The number of rotatable bonds is 6. The van der Waals surface area contributed by atoms with E-state index in [1.54, 1.807) is 0 Å². The predicted octanol–water partition coefficient (Wildman–Crippen LogP) is 15.3. The van der Waals surface area contributed by atoms with Crippen molar-refractivity contribution < 1.29 is 4.42 Å². The number of hydrogen-bond acceptors (Lipinski definition) is 2. The fourth-order valence-corrected chi connectivity index (χ4v) is 10.2. The molecule has 0 bridgehead atoms. The molecule has 0 amide bonds. The van der Waals surface area contributed by atoms with E-state index >= 15 is 0 Å². The van der Waals surface area contributed by atoms with Crippen molar-refractivity contribution >= 4 is 75.4 Å². The van der Waals surface area contributed by atoms with Crippen molar-refractivity contribution in [3.05, 3.63) is 211 Å². The number of fused-ring (bicyclic) bond motifs is 9. The minimum absolute atomic E-state index is 0.120. The summed E-state index contributed by atoms with van der Waals surface area (Å²) in [6.45, 7) is 4.70. The minimum atomic E-state index is -0.120. The Bertz CT molecular complexity index is 3520. The van der Waals surface area contributed by atoms with Crippen molar-refractivity contribution in [3.63, 3.8) is 0 Å². The fraction of sp³-hybridized carbons (Fsp3) is 0.0526. The average molecular weight is 801 g/mol. The monoisotopic (exact) mass is 800 g/mol. The lowest BCUT2D eigenvalue weighted by Gasteiger charge is -2.28. The Kier molecular flexibility index (Phi) is 8.01. The Balaban J connectivity index is 0.957. The molecule has 0 saturated carbocycles. The number of aromatic nitrogens is 1. The highest BCUT2D eigenvalue weighted by Gasteiger charge is 2.35. The summed E-state index contributed by atoms with van der Waals surface area (Å²) in [6.07, 6.45) is 0. The van der Waals surface area contributed by atoms with Gasteiger partial charge in [-0.2, -0.15) is 0 Å². The summed E-state index contributed by atoms with van der Waals surface area (Å²) in [7, 11) is 2.86. The molecule has 1 unspecified atom stereocenters. The maximum absolute atomic E-state index is 6.45. The molecule has 0 N–H and O–H groups in total. The summed E-state index contributed by atoms with van der Waals surface area (Å²) in [4.78, 5) is 2.39. The number of para-hydroxylation sites is 3. The van der Waals surface area contributed by atoms with Crippen LogP contribution in [0.4, 0.5) is 17.1 Å². The molecular formula is C57H41N2OP. The van der Waals surface area contributed by atoms with Gasteiger partial charge in [-0.1, -0.05) is 147 Å². The van der Waals surface area contributed by atoms with Crippen LogP contribution in [-0.2, 0) is 5.41 Å². The van der Waals surface area contributed by atoms with Crippen LogP contribution < -0.4 is 10.2 Å². The maximum atomic E-state index is 6.45. The van der Waals surface area contributed by atoms with Gasteiger partial charge in [-0.3, -0.25) is 0 Å². The van der Waals surface area contributed by atoms with Gasteiger partial charge in [-0.25, -0.2) is 0 Å². The van der Waals surface area contributed by atoms with E-state index in [1.165, 1.54) is 54.9 Å². The van der Waals surface area contributed by atoms with E-state index in [4.69, 9.17) is 4.42 Å². The largest absolute Gasteiger partial charge is 0.455 e.